The van der Waals surface area contributed by atoms with Crippen LogP contribution in [0.4, 0.5) is 32.2 Å². The van der Waals surface area contributed by atoms with Crippen molar-refractivity contribution in [2.75, 3.05) is 18.0 Å². The third-order valence-corrected chi connectivity index (χ3v) is 4.91. The van der Waals surface area contributed by atoms with Gasteiger partial charge >= 0.3 is 24.3 Å². The molecule has 0 saturated carbocycles. The van der Waals surface area contributed by atoms with Crippen LogP contribution in [0.25, 0.3) is 0 Å². The molecule has 11 nitrogen and oxygen atoms in total. The van der Waals surface area contributed by atoms with E-state index in [2.05, 4.69) is 20.0 Å². The van der Waals surface area contributed by atoms with Crippen molar-refractivity contribution in [2.24, 2.45) is 0 Å². The Balaban J connectivity index is 0.000000333. The highest BCUT2D eigenvalue weighted by Gasteiger charge is 2.38. The smallest absolute Gasteiger partial charge is 0.475 e. The predicted molar refractivity (Wildman–Crippen MR) is 123 cm³/mol. The Labute approximate surface area is 221 Å². The molecule has 4 rings (SSSR count). The maximum Gasteiger partial charge on any atom is 0.490 e. The van der Waals surface area contributed by atoms with Crippen molar-refractivity contribution in [1.29, 1.82) is 0 Å². The number of carbonyl (C=O) groups excluding carboxylic acids is 1. The van der Waals surface area contributed by atoms with Crippen molar-refractivity contribution in [2.45, 2.75) is 32.4 Å². The minimum Gasteiger partial charge on any atom is -0.475 e. The van der Waals surface area contributed by atoms with Crippen molar-refractivity contribution in [1.82, 2.24) is 20.0 Å². The van der Waals surface area contributed by atoms with Gasteiger partial charge in [-0.2, -0.15) is 26.3 Å². The summed E-state index contributed by atoms with van der Waals surface area (Å²) < 4.78 is 68.5. The fourth-order valence-corrected chi connectivity index (χ4v) is 3.14. The van der Waals surface area contributed by atoms with Gasteiger partial charge in [0.25, 0.3) is 5.91 Å². The second-order valence-corrected chi connectivity index (χ2v) is 7.92. The number of pyridine rings is 2. The lowest BCUT2D eigenvalue weighted by Gasteiger charge is -2.23. The Morgan fingerprint density at radius 1 is 0.950 bits per heavy atom. The van der Waals surface area contributed by atoms with Crippen LogP contribution in [0.5, 0.6) is 0 Å². The number of halogens is 6. The summed E-state index contributed by atoms with van der Waals surface area (Å²) in [6.45, 7) is 4.28. The van der Waals surface area contributed by atoms with Gasteiger partial charge < -0.3 is 24.5 Å². The van der Waals surface area contributed by atoms with E-state index < -0.39 is 24.3 Å². The molecule has 1 aliphatic rings. The summed E-state index contributed by atoms with van der Waals surface area (Å²) >= 11 is 0. The van der Waals surface area contributed by atoms with Crippen LogP contribution in [0.15, 0.2) is 53.4 Å². The number of aliphatic carboxylic acids is 2. The average Bonchev–Trinajstić information content (AvgIpc) is 3.23. The first kappa shape index (κ1) is 31.5. The Morgan fingerprint density at radius 2 is 1.52 bits per heavy atom. The number of fused-ring (bicyclic) bond motifs is 1. The van der Waals surface area contributed by atoms with Gasteiger partial charge in [-0.3, -0.25) is 9.78 Å². The summed E-state index contributed by atoms with van der Waals surface area (Å²) in [6, 6.07) is 9.58. The Morgan fingerprint density at radius 3 is 2.02 bits per heavy atom. The summed E-state index contributed by atoms with van der Waals surface area (Å²) in [6.07, 6.45) is -4.80. The van der Waals surface area contributed by atoms with Crippen molar-refractivity contribution in [3.63, 3.8) is 0 Å². The molecule has 40 heavy (non-hydrogen) atoms. The number of amides is 1. The fourth-order valence-electron chi connectivity index (χ4n) is 3.14. The highest BCUT2D eigenvalue weighted by molar-refractivity contribution is 5.92. The molecule has 4 heterocycles. The molecule has 3 aromatic rings. The van der Waals surface area contributed by atoms with Gasteiger partial charge in [0.1, 0.15) is 11.6 Å². The van der Waals surface area contributed by atoms with Crippen LogP contribution in [0, 0.1) is 6.92 Å². The lowest BCUT2D eigenvalue weighted by molar-refractivity contribution is -0.193. The van der Waals surface area contributed by atoms with Crippen molar-refractivity contribution in [3.8, 4) is 0 Å². The highest BCUT2D eigenvalue weighted by Crippen LogP contribution is 2.25. The number of carbonyl (C=O) groups is 3. The molecule has 1 aliphatic heterocycles. The number of hydrogen-bond donors (Lipinski definition) is 2. The number of carboxylic acid groups (broad SMARTS) is 2. The van der Waals surface area contributed by atoms with Gasteiger partial charge in [0.05, 0.1) is 0 Å². The second-order valence-electron chi connectivity index (χ2n) is 7.92. The first-order chi connectivity index (χ1) is 18.6. The molecule has 1 amide bonds. The zero-order valence-corrected chi connectivity index (χ0v) is 20.5. The summed E-state index contributed by atoms with van der Waals surface area (Å²) in [5.74, 6) is -4.09. The molecule has 216 valence electrons. The van der Waals surface area contributed by atoms with E-state index in [1.54, 1.807) is 36.5 Å². The average molecular weight is 577 g/mol. The summed E-state index contributed by atoms with van der Waals surface area (Å²) in [5.41, 5.74) is 2.52. The van der Waals surface area contributed by atoms with E-state index in [9.17, 15) is 31.1 Å². The van der Waals surface area contributed by atoms with Crippen molar-refractivity contribution in [3.05, 3.63) is 71.5 Å². The monoisotopic (exact) mass is 577 g/mol. The largest absolute Gasteiger partial charge is 0.490 e. The number of aromatic nitrogens is 3. The number of hydrogen-bond acceptors (Lipinski definition) is 8. The molecule has 17 heteroatoms. The molecule has 0 atom stereocenters. The van der Waals surface area contributed by atoms with Crippen LogP contribution in [0.2, 0.25) is 0 Å². The van der Waals surface area contributed by atoms with E-state index >= 15 is 0 Å². The molecule has 0 spiro atoms. The van der Waals surface area contributed by atoms with E-state index in [4.69, 9.17) is 24.3 Å². The Hall–Kier alpha value is -4.70. The summed E-state index contributed by atoms with van der Waals surface area (Å²) in [7, 11) is 0. The third kappa shape index (κ3) is 9.55. The number of alkyl halides is 6. The number of rotatable bonds is 3. The van der Waals surface area contributed by atoms with Crippen molar-refractivity contribution < 1.29 is 55.5 Å². The molecule has 0 radical (unpaired) electrons. The quantitative estimate of drug-likeness (QED) is 0.441. The second kappa shape index (κ2) is 13.4. The maximum absolute atomic E-state index is 12.8. The topological polar surface area (TPSA) is 150 Å². The van der Waals surface area contributed by atoms with Crippen molar-refractivity contribution >= 4 is 23.7 Å². The lowest BCUT2D eigenvalue weighted by atomic mass is 10.2. The number of nitrogens with zero attached hydrogens (tertiary/aromatic N) is 5. The molecular weight excluding hydrogens is 556 g/mol. The van der Waals surface area contributed by atoms with E-state index in [1.165, 1.54) is 0 Å². The van der Waals surface area contributed by atoms with Gasteiger partial charge in [0.15, 0.2) is 5.69 Å². The molecule has 3 aromatic heterocycles. The predicted octanol–water partition coefficient (Wildman–Crippen LogP) is 3.70. The van der Waals surface area contributed by atoms with Crippen LogP contribution in [0.1, 0.15) is 27.4 Å². The minimum absolute atomic E-state index is 0.123. The van der Waals surface area contributed by atoms with Gasteiger partial charge in [-0.1, -0.05) is 11.2 Å². The van der Waals surface area contributed by atoms with Crippen LogP contribution < -0.4 is 4.90 Å². The van der Waals surface area contributed by atoms with Gasteiger partial charge in [0, 0.05) is 56.4 Å². The first-order valence-corrected chi connectivity index (χ1v) is 11.0. The minimum atomic E-state index is -5.08. The van der Waals surface area contributed by atoms with Gasteiger partial charge in [0.2, 0.25) is 0 Å². The van der Waals surface area contributed by atoms with Gasteiger partial charge in [-0.15, -0.1) is 0 Å². The number of carboxylic acids is 2. The fraction of sp³-hybridized carbons (Fsp3) is 0.304. The van der Waals surface area contributed by atoms with E-state index in [0.717, 1.165) is 23.5 Å². The Bertz CT molecular complexity index is 1280. The first-order valence-electron chi connectivity index (χ1n) is 11.0. The van der Waals surface area contributed by atoms with E-state index in [-0.39, 0.29) is 5.91 Å². The number of aryl methyl sites for hydroxylation is 1. The standard InChI is InChI=1S/C19H19N5O2.2C2HF3O2/c1-14-11-17(22-26-14)19(25)24-10-9-23(12-15-4-7-20-8-5-15)18-16(13-24)3-2-6-21-18;2*3-2(4,5)1(6)7/h2-8,11H,9-10,12-13H2,1H3;2*(H,6,7). The van der Waals surface area contributed by atoms with E-state index in [1.807, 2.05) is 24.3 Å². The molecule has 2 N–H and O–H groups in total. The van der Waals surface area contributed by atoms with E-state index in [0.29, 0.717) is 31.1 Å². The normalized spacial score (nSPS) is 13.1. The zero-order valence-electron chi connectivity index (χ0n) is 20.5. The highest BCUT2D eigenvalue weighted by atomic mass is 19.4. The summed E-state index contributed by atoms with van der Waals surface area (Å²) in [5, 5.41) is 18.1. The van der Waals surface area contributed by atoms with Crippen LogP contribution in [-0.2, 0) is 22.7 Å². The van der Waals surface area contributed by atoms with Crippen LogP contribution >= 0.6 is 0 Å². The number of anilines is 1. The molecule has 0 fully saturated rings. The SMILES string of the molecule is Cc1cc(C(=O)N2CCN(Cc3ccncc3)c3ncccc3C2)no1.O=C(O)C(F)(F)F.O=C(O)C(F)(F)F. The van der Waals surface area contributed by atoms with Gasteiger partial charge in [-0.25, -0.2) is 14.6 Å². The molecule has 0 saturated heterocycles. The lowest BCUT2D eigenvalue weighted by Crippen LogP contribution is -2.35. The van der Waals surface area contributed by atoms with Gasteiger partial charge in [-0.05, 0) is 30.7 Å². The summed E-state index contributed by atoms with van der Waals surface area (Å²) in [4.78, 5) is 43.2. The molecule has 0 unspecified atom stereocenters. The maximum atomic E-state index is 12.8. The molecular formula is C23H21F6N5O6. The zero-order chi connectivity index (χ0) is 30.1. The third-order valence-electron chi connectivity index (χ3n) is 4.91. The van der Waals surface area contributed by atoms with Crippen LogP contribution in [-0.4, -0.2) is 73.5 Å². The Kier molecular flexibility index (Phi) is 10.5. The molecule has 0 bridgehead atoms. The molecule has 0 aromatic carbocycles. The van der Waals surface area contributed by atoms with Crippen LogP contribution in [0.3, 0.4) is 0 Å². The molecule has 0 aliphatic carbocycles.